The zero-order valence-electron chi connectivity index (χ0n) is 12.6. The van der Waals surface area contributed by atoms with Gasteiger partial charge in [0.05, 0.1) is 0 Å². The summed E-state index contributed by atoms with van der Waals surface area (Å²) in [6, 6.07) is 8.81. The second-order valence-electron chi connectivity index (χ2n) is 5.58. The van der Waals surface area contributed by atoms with Crippen LogP contribution in [0.3, 0.4) is 0 Å². The zero-order chi connectivity index (χ0) is 14.0. The molecule has 20 heavy (non-hydrogen) atoms. The number of benzene rings is 1. The summed E-state index contributed by atoms with van der Waals surface area (Å²) in [4.78, 5) is 0. The third kappa shape index (κ3) is 4.85. The highest BCUT2D eigenvalue weighted by Gasteiger charge is 2.01. The first-order chi connectivity index (χ1) is 9.90. The molecule has 0 amide bonds. The fraction of sp³-hybridized carbons (Fsp3) is 0.400. The van der Waals surface area contributed by atoms with Gasteiger partial charge in [-0.3, -0.25) is 0 Å². The van der Waals surface area contributed by atoms with Crippen LogP contribution in [0.15, 0.2) is 54.1 Å². The van der Waals surface area contributed by atoms with Crippen LogP contribution in [0.2, 0.25) is 0 Å². The van der Waals surface area contributed by atoms with Crippen LogP contribution in [0, 0.1) is 0 Å². The lowest BCUT2D eigenvalue weighted by Crippen LogP contribution is -1.90. The molecule has 2 rings (SSSR count). The van der Waals surface area contributed by atoms with E-state index in [1.165, 1.54) is 61.6 Å². The van der Waals surface area contributed by atoms with Crippen molar-refractivity contribution in [1.29, 1.82) is 0 Å². The van der Waals surface area contributed by atoms with Crippen molar-refractivity contribution in [2.45, 2.75) is 51.9 Å². The zero-order valence-corrected chi connectivity index (χ0v) is 12.6. The third-order valence-corrected chi connectivity index (χ3v) is 3.87. The summed E-state index contributed by atoms with van der Waals surface area (Å²) in [5.41, 5.74) is 4.18. The van der Waals surface area contributed by atoms with Gasteiger partial charge >= 0.3 is 0 Å². The van der Waals surface area contributed by atoms with Crippen LogP contribution >= 0.6 is 0 Å². The van der Waals surface area contributed by atoms with Crippen molar-refractivity contribution in [2.24, 2.45) is 0 Å². The van der Waals surface area contributed by atoms with Gasteiger partial charge in [-0.2, -0.15) is 0 Å². The first-order valence-electron chi connectivity index (χ1n) is 8.04. The van der Waals surface area contributed by atoms with Crippen molar-refractivity contribution in [3.05, 3.63) is 65.3 Å². The van der Waals surface area contributed by atoms with Gasteiger partial charge in [0.25, 0.3) is 0 Å². The highest BCUT2D eigenvalue weighted by Crippen LogP contribution is 2.19. The van der Waals surface area contributed by atoms with E-state index in [9.17, 15) is 0 Å². The lowest BCUT2D eigenvalue weighted by molar-refractivity contribution is 0.607. The maximum Gasteiger partial charge on any atom is -0.0219 e. The first kappa shape index (κ1) is 14.8. The Kier molecular flexibility index (Phi) is 6.37. The Balaban J connectivity index is 1.86. The molecule has 0 heteroatoms. The number of hydrogen-bond donors (Lipinski definition) is 0. The molecule has 0 aliphatic heterocycles. The van der Waals surface area contributed by atoms with Crippen molar-refractivity contribution in [1.82, 2.24) is 0 Å². The minimum absolute atomic E-state index is 1.21. The van der Waals surface area contributed by atoms with E-state index in [1.54, 1.807) is 0 Å². The fourth-order valence-corrected chi connectivity index (χ4v) is 2.66. The van der Waals surface area contributed by atoms with E-state index in [4.69, 9.17) is 0 Å². The average molecular weight is 266 g/mol. The molecule has 0 spiro atoms. The molecule has 0 saturated carbocycles. The molecule has 1 aromatic rings. The predicted molar refractivity (Wildman–Crippen MR) is 89.8 cm³/mol. The smallest absolute Gasteiger partial charge is 0.0219 e. The fourth-order valence-electron chi connectivity index (χ4n) is 2.66. The summed E-state index contributed by atoms with van der Waals surface area (Å²) in [5, 5.41) is 0. The minimum Gasteiger partial charge on any atom is -0.0654 e. The molecule has 0 N–H and O–H groups in total. The van der Waals surface area contributed by atoms with Gasteiger partial charge in [0.15, 0.2) is 0 Å². The van der Waals surface area contributed by atoms with Crippen LogP contribution in [0.4, 0.5) is 0 Å². The Morgan fingerprint density at radius 1 is 0.850 bits per heavy atom. The summed E-state index contributed by atoms with van der Waals surface area (Å²) in [7, 11) is 0. The average Bonchev–Trinajstić information content (AvgIpc) is 2.97. The summed E-state index contributed by atoms with van der Waals surface area (Å²) in [5.74, 6) is 0. The van der Waals surface area contributed by atoms with Gasteiger partial charge < -0.3 is 0 Å². The highest BCUT2D eigenvalue weighted by molar-refractivity contribution is 5.64. The molecule has 106 valence electrons. The lowest BCUT2D eigenvalue weighted by atomic mass is 9.99. The van der Waals surface area contributed by atoms with E-state index in [0.717, 1.165) is 0 Å². The van der Waals surface area contributed by atoms with Gasteiger partial charge in [0.2, 0.25) is 0 Å². The van der Waals surface area contributed by atoms with Gasteiger partial charge in [-0.25, -0.2) is 0 Å². The van der Waals surface area contributed by atoms with Crippen molar-refractivity contribution >= 4 is 6.08 Å². The van der Waals surface area contributed by atoms with E-state index < -0.39 is 0 Å². The monoisotopic (exact) mass is 266 g/mol. The van der Waals surface area contributed by atoms with Crippen LogP contribution in [0.1, 0.15) is 56.6 Å². The second kappa shape index (κ2) is 8.58. The van der Waals surface area contributed by atoms with Crippen LogP contribution in [-0.4, -0.2) is 0 Å². The van der Waals surface area contributed by atoms with Gasteiger partial charge in [-0.1, -0.05) is 87.6 Å². The van der Waals surface area contributed by atoms with E-state index in [1.807, 2.05) is 0 Å². The van der Waals surface area contributed by atoms with Crippen LogP contribution < -0.4 is 0 Å². The number of unbranched alkanes of at least 4 members (excludes halogenated alkanes) is 5. The second-order valence-corrected chi connectivity index (χ2v) is 5.58. The van der Waals surface area contributed by atoms with E-state index >= 15 is 0 Å². The molecule has 0 fully saturated rings. The number of rotatable bonds is 8. The molecule has 0 bridgehead atoms. The summed E-state index contributed by atoms with van der Waals surface area (Å²) in [6.07, 6.45) is 20.2. The van der Waals surface area contributed by atoms with Gasteiger partial charge in [0.1, 0.15) is 0 Å². The minimum atomic E-state index is 1.21. The number of hydrogen-bond acceptors (Lipinski definition) is 0. The van der Waals surface area contributed by atoms with E-state index in [2.05, 4.69) is 61.6 Å². The topological polar surface area (TPSA) is 0 Å². The first-order valence-corrected chi connectivity index (χ1v) is 8.04. The number of allylic oxidation sites excluding steroid dienone is 5. The largest absolute Gasteiger partial charge is 0.0654 e. The van der Waals surface area contributed by atoms with E-state index in [0.29, 0.717) is 0 Å². The maximum absolute atomic E-state index is 2.30. The Bertz CT molecular complexity index is 475. The van der Waals surface area contributed by atoms with Gasteiger partial charge in [-0.15, -0.1) is 0 Å². The molecule has 1 aliphatic carbocycles. The van der Waals surface area contributed by atoms with Crippen molar-refractivity contribution in [2.75, 3.05) is 0 Å². The maximum atomic E-state index is 2.30. The van der Waals surface area contributed by atoms with Crippen LogP contribution in [0.5, 0.6) is 0 Å². The van der Waals surface area contributed by atoms with Crippen molar-refractivity contribution in [3.8, 4) is 0 Å². The summed E-state index contributed by atoms with van der Waals surface area (Å²) >= 11 is 0. The molecular weight excluding hydrogens is 240 g/mol. The molecular formula is C20H26. The Morgan fingerprint density at radius 3 is 2.35 bits per heavy atom. The van der Waals surface area contributed by atoms with Gasteiger partial charge in [-0.05, 0) is 35.6 Å². The molecule has 1 aliphatic rings. The molecule has 0 aromatic heterocycles. The summed E-state index contributed by atoms with van der Waals surface area (Å²) in [6.45, 7) is 2.27. The molecule has 0 radical (unpaired) electrons. The molecule has 0 saturated heterocycles. The van der Waals surface area contributed by atoms with Crippen LogP contribution in [0.25, 0.3) is 6.08 Å². The molecule has 0 heterocycles. The Labute approximate surface area is 123 Å². The standard InChI is InChI=1S/C20H26/c1-2-3-4-5-6-7-14-19-15-10-11-16-20(19)17-18-12-8-9-13-18/h8-13,15-17H,2-7,14H2,1H3. The molecule has 0 atom stereocenters. The third-order valence-electron chi connectivity index (χ3n) is 3.87. The quantitative estimate of drug-likeness (QED) is 0.499. The van der Waals surface area contributed by atoms with Crippen molar-refractivity contribution in [3.63, 3.8) is 0 Å². The predicted octanol–water partition coefficient (Wildman–Crippen LogP) is 6.10. The van der Waals surface area contributed by atoms with Gasteiger partial charge in [0, 0.05) is 0 Å². The SMILES string of the molecule is CCCCCCCCc1ccccc1C=C1C=CC=C1. The lowest BCUT2D eigenvalue weighted by Gasteiger charge is -2.07. The summed E-state index contributed by atoms with van der Waals surface area (Å²) < 4.78 is 0. The molecule has 0 nitrogen and oxygen atoms in total. The molecule has 0 unspecified atom stereocenters. The Hall–Kier alpha value is -1.56. The van der Waals surface area contributed by atoms with Crippen molar-refractivity contribution < 1.29 is 0 Å². The number of aryl methyl sites for hydroxylation is 1. The van der Waals surface area contributed by atoms with Crippen LogP contribution in [-0.2, 0) is 6.42 Å². The normalized spacial score (nSPS) is 13.2. The highest BCUT2D eigenvalue weighted by atomic mass is 14.1. The Morgan fingerprint density at radius 2 is 1.55 bits per heavy atom. The van der Waals surface area contributed by atoms with E-state index in [-0.39, 0.29) is 0 Å². The molecule has 1 aromatic carbocycles.